The third-order valence-electron chi connectivity index (χ3n) is 3.39. The van der Waals surface area contributed by atoms with Crippen LogP contribution in [0.4, 0.5) is 0 Å². The summed E-state index contributed by atoms with van der Waals surface area (Å²) in [6.07, 6.45) is 0. The fourth-order valence-corrected chi connectivity index (χ4v) is 3.32. The van der Waals surface area contributed by atoms with Crippen molar-refractivity contribution in [3.63, 3.8) is 0 Å². The first-order valence-electron chi connectivity index (χ1n) is 7.80. The third kappa shape index (κ3) is 5.95. The van der Waals surface area contributed by atoms with Crippen LogP contribution < -0.4 is 14.8 Å². The van der Waals surface area contributed by atoms with Gasteiger partial charge in [0, 0.05) is 18.0 Å². The van der Waals surface area contributed by atoms with Crippen molar-refractivity contribution in [2.75, 3.05) is 46.2 Å². The Balaban J connectivity index is 1.78. The third-order valence-corrected chi connectivity index (χ3v) is 4.39. The van der Waals surface area contributed by atoms with Crippen LogP contribution in [-0.4, -0.2) is 57.0 Å². The molecule has 1 aromatic rings. The molecular formula is C17H26N2O3S. The standard InChI is InChI=1S/C17H26N2O3S/c1-17(2,12-19(3)4)11-18-16(20)10-23-13-5-6-14-15(9-13)22-8-7-21-14/h5-6,9H,7-8,10-12H2,1-4H3,(H,18,20). The Labute approximate surface area is 142 Å². The molecule has 1 aromatic carbocycles. The van der Waals surface area contributed by atoms with E-state index in [2.05, 4.69) is 24.1 Å². The highest BCUT2D eigenvalue weighted by atomic mass is 32.2. The summed E-state index contributed by atoms with van der Waals surface area (Å²) in [5.41, 5.74) is 0.0564. The topological polar surface area (TPSA) is 50.8 Å². The summed E-state index contributed by atoms with van der Waals surface area (Å²) in [6, 6.07) is 5.79. The van der Waals surface area contributed by atoms with Gasteiger partial charge < -0.3 is 19.7 Å². The van der Waals surface area contributed by atoms with Crippen LogP contribution in [0.25, 0.3) is 0 Å². The zero-order valence-electron chi connectivity index (χ0n) is 14.3. The summed E-state index contributed by atoms with van der Waals surface area (Å²) < 4.78 is 11.1. The molecular weight excluding hydrogens is 312 g/mol. The molecule has 0 bridgehead atoms. The molecule has 23 heavy (non-hydrogen) atoms. The van der Waals surface area contributed by atoms with E-state index in [9.17, 15) is 4.79 Å². The maximum atomic E-state index is 12.0. The van der Waals surface area contributed by atoms with E-state index in [0.29, 0.717) is 25.5 Å². The van der Waals surface area contributed by atoms with Gasteiger partial charge in [-0.05, 0) is 37.7 Å². The summed E-state index contributed by atoms with van der Waals surface area (Å²) in [7, 11) is 4.09. The molecule has 5 nitrogen and oxygen atoms in total. The summed E-state index contributed by atoms with van der Waals surface area (Å²) in [6.45, 7) is 7.07. The van der Waals surface area contributed by atoms with Crippen molar-refractivity contribution < 1.29 is 14.3 Å². The predicted octanol–water partition coefficient (Wildman–Crippen LogP) is 2.25. The number of amides is 1. The van der Waals surface area contributed by atoms with Gasteiger partial charge in [-0.1, -0.05) is 13.8 Å². The molecule has 0 atom stereocenters. The Morgan fingerprint density at radius 2 is 1.96 bits per heavy atom. The minimum absolute atomic E-state index is 0.0525. The van der Waals surface area contributed by atoms with Gasteiger partial charge in [-0.3, -0.25) is 4.79 Å². The molecule has 1 amide bonds. The number of nitrogens with zero attached hydrogens (tertiary/aromatic N) is 1. The molecule has 1 N–H and O–H groups in total. The molecule has 6 heteroatoms. The molecule has 0 saturated carbocycles. The number of ether oxygens (including phenoxy) is 2. The molecule has 1 aliphatic rings. The average Bonchev–Trinajstić information content (AvgIpc) is 2.49. The number of hydrogen-bond acceptors (Lipinski definition) is 5. The van der Waals surface area contributed by atoms with E-state index in [1.54, 1.807) is 0 Å². The lowest BCUT2D eigenvalue weighted by molar-refractivity contribution is -0.119. The summed E-state index contributed by atoms with van der Waals surface area (Å²) in [5.74, 6) is 1.98. The fourth-order valence-electron chi connectivity index (χ4n) is 2.56. The Bertz CT molecular complexity index is 547. The first-order chi connectivity index (χ1) is 10.9. The van der Waals surface area contributed by atoms with Crippen LogP contribution in [0.1, 0.15) is 13.8 Å². The minimum atomic E-state index is 0.0525. The summed E-state index contributed by atoms with van der Waals surface area (Å²) in [5, 5.41) is 3.02. The monoisotopic (exact) mass is 338 g/mol. The van der Waals surface area contributed by atoms with Gasteiger partial charge in [0.2, 0.25) is 5.91 Å². The quantitative estimate of drug-likeness (QED) is 0.773. The highest BCUT2D eigenvalue weighted by Crippen LogP contribution is 2.34. The number of benzene rings is 1. The predicted molar refractivity (Wildman–Crippen MR) is 93.5 cm³/mol. The zero-order valence-corrected chi connectivity index (χ0v) is 15.2. The van der Waals surface area contributed by atoms with Crippen molar-refractivity contribution in [2.24, 2.45) is 5.41 Å². The van der Waals surface area contributed by atoms with E-state index in [1.165, 1.54) is 11.8 Å². The van der Waals surface area contributed by atoms with Crippen LogP contribution >= 0.6 is 11.8 Å². The summed E-state index contributed by atoms with van der Waals surface area (Å²) >= 11 is 1.51. The van der Waals surface area contributed by atoms with Crippen LogP contribution in [0, 0.1) is 5.41 Å². The maximum Gasteiger partial charge on any atom is 0.230 e. The van der Waals surface area contributed by atoms with E-state index in [0.717, 1.165) is 22.9 Å². The zero-order chi connectivity index (χ0) is 16.9. The van der Waals surface area contributed by atoms with E-state index in [-0.39, 0.29) is 11.3 Å². The highest BCUT2D eigenvalue weighted by molar-refractivity contribution is 8.00. The molecule has 0 unspecified atom stereocenters. The molecule has 1 heterocycles. The highest BCUT2D eigenvalue weighted by Gasteiger charge is 2.20. The SMILES string of the molecule is CN(C)CC(C)(C)CNC(=O)CSc1ccc2c(c1)OCCO2. The second-order valence-electron chi connectivity index (χ2n) is 6.77. The minimum Gasteiger partial charge on any atom is -0.486 e. The fraction of sp³-hybridized carbons (Fsp3) is 0.588. The van der Waals surface area contributed by atoms with Gasteiger partial charge in [0.15, 0.2) is 11.5 Å². The van der Waals surface area contributed by atoms with Gasteiger partial charge in [-0.25, -0.2) is 0 Å². The Hall–Kier alpha value is -1.40. The average molecular weight is 338 g/mol. The molecule has 0 spiro atoms. The van der Waals surface area contributed by atoms with Crippen LogP contribution in [0.5, 0.6) is 11.5 Å². The molecule has 2 rings (SSSR count). The van der Waals surface area contributed by atoms with E-state index in [4.69, 9.17) is 9.47 Å². The lowest BCUT2D eigenvalue weighted by Crippen LogP contribution is -2.40. The van der Waals surface area contributed by atoms with Gasteiger partial charge in [-0.15, -0.1) is 11.8 Å². The van der Waals surface area contributed by atoms with Crippen LogP contribution in [0.3, 0.4) is 0 Å². The molecule has 128 valence electrons. The van der Waals surface area contributed by atoms with E-state index < -0.39 is 0 Å². The molecule has 1 aliphatic heterocycles. The summed E-state index contributed by atoms with van der Waals surface area (Å²) in [4.78, 5) is 15.2. The first-order valence-corrected chi connectivity index (χ1v) is 8.78. The molecule has 0 radical (unpaired) electrons. The number of rotatable bonds is 7. The van der Waals surface area contributed by atoms with Crippen molar-refractivity contribution in [1.29, 1.82) is 0 Å². The lowest BCUT2D eigenvalue weighted by atomic mass is 9.93. The number of nitrogens with one attached hydrogen (secondary N) is 1. The van der Waals surface area contributed by atoms with Crippen molar-refractivity contribution in [3.05, 3.63) is 18.2 Å². The van der Waals surface area contributed by atoms with Crippen molar-refractivity contribution in [2.45, 2.75) is 18.7 Å². The van der Waals surface area contributed by atoms with Crippen molar-refractivity contribution >= 4 is 17.7 Å². The van der Waals surface area contributed by atoms with Crippen LogP contribution in [0.2, 0.25) is 0 Å². The van der Waals surface area contributed by atoms with Gasteiger partial charge in [0.25, 0.3) is 0 Å². The number of hydrogen-bond donors (Lipinski definition) is 1. The number of thioether (sulfide) groups is 1. The smallest absolute Gasteiger partial charge is 0.230 e. The molecule has 0 aliphatic carbocycles. The van der Waals surface area contributed by atoms with E-state index >= 15 is 0 Å². The van der Waals surface area contributed by atoms with Crippen molar-refractivity contribution in [1.82, 2.24) is 10.2 Å². The van der Waals surface area contributed by atoms with Crippen LogP contribution in [0.15, 0.2) is 23.1 Å². The Morgan fingerprint density at radius 3 is 2.65 bits per heavy atom. The van der Waals surface area contributed by atoms with Gasteiger partial charge in [0.1, 0.15) is 13.2 Å². The normalized spacial score (nSPS) is 14.0. The Kier molecular flexibility index (Phi) is 6.18. The van der Waals surface area contributed by atoms with Crippen molar-refractivity contribution in [3.8, 4) is 11.5 Å². The van der Waals surface area contributed by atoms with E-state index in [1.807, 2.05) is 32.3 Å². The Morgan fingerprint density at radius 1 is 1.26 bits per heavy atom. The second kappa shape index (κ2) is 7.93. The van der Waals surface area contributed by atoms with Gasteiger partial charge in [-0.2, -0.15) is 0 Å². The molecule has 0 aromatic heterocycles. The lowest BCUT2D eigenvalue weighted by Gasteiger charge is -2.28. The molecule has 0 fully saturated rings. The second-order valence-corrected chi connectivity index (χ2v) is 7.82. The largest absolute Gasteiger partial charge is 0.486 e. The number of fused-ring (bicyclic) bond motifs is 1. The number of carbonyl (C=O) groups excluding carboxylic acids is 1. The molecule has 0 saturated heterocycles. The first kappa shape index (κ1) is 17.9. The van der Waals surface area contributed by atoms with Gasteiger partial charge >= 0.3 is 0 Å². The number of carbonyl (C=O) groups is 1. The van der Waals surface area contributed by atoms with Crippen LogP contribution in [-0.2, 0) is 4.79 Å². The maximum absolute atomic E-state index is 12.0. The van der Waals surface area contributed by atoms with Gasteiger partial charge in [0.05, 0.1) is 5.75 Å².